The van der Waals surface area contributed by atoms with E-state index < -0.39 is 0 Å². The minimum absolute atomic E-state index is 0.171. The fraction of sp³-hybridized carbons (Fsp3) is 0.133. The van der Waals surface area contributed by atoms with Crippen molar-refractivity contribution in [3.63, 3.8) is 0 Å². The lowest BCUT2D eigenvalue weighted by atomic mass is 10.2. The minimum atomic E-state index is 0.171. The van der Waals surface area contributed by atoms with Gasteiger partial charge in [-0.25, -0.2) is 4.98 Å². The number of carbonyl (C=O) groups excluding carboxylic acids is 1. The van der Waals surface area contributed by atoms with E-state index in [0.717, 1.165) is 31.2 Å². The summed E-state index contributed by atoms with van der Waals surface area (Å²) in [5.41, 5.74) is 13.2. The summed E-state index contributed by atoms with van der Waals surface area (Å²) in [5.74, 6) is 1.11. The lowest BCUT2D eigenvalue weighted by Crippen LogP contribution is -1.99. The number of nitrogens with two attached hydrogens (primary N) is 2. The Bertz CT molecular complexity index is 908. The molecule has 0 saturated heterocycles. The molecule has 0 unspecified atom stereocenters. The molecule has 1 aromatic carbocycles. The smallest absolute Gasteiger partial charge is 0.223 e. The van der Waals surface area contributed by atoms with Gasteiger partial charge in [-0.2, -0.15) is 4.98 Å². The monoisotopic (exact) mass is 346 g/mol. The summed E-state index contributed by atoms with van der Waals surface area (Å²) in [5, 5.41) is 0.836. The summed E-state index contributed by atoms with van der Waals surface area (Å²) >= 11 is 3.07. The number of fused-ring (bicyclic) bond motifs is 1. The number of ether oxygens (including phenoxy) is 1. The maximum atomic E-state index is 11.0. The van der Waals surface area contributed by atoms with E-state index >= 15 is 0 Å². The Hall–Kier alpha value is -2.32. The summed E-state index contributed by atoms with van der Waals surface area (Å²) in [4.78, 5) is 21.0. The Morgan fingerprint density at radius 1 is 1.30 bits per heavy atom. The van der Waals surface area contributed by atoms with Gasteiger partial charge in [-0.15, -0.1) is 11.3 Å². The molecule has 3 rings (SSSR count). The number of aryl methyl sites for hydroxylation is 1. The molecule has 3 aromatic rings. The average Bonchev–Trinajstić information content (AvgIpc) is 2.83. The molecular weight excluding hydrogens is 332 g/mol. The quantitative estimate of drug-likeness (QED) is 0.699. The van der Waals surface area contributed by atoms with E-state index in [1.54, 1.807) is 24.9 Å². The van der Waals surface area contributed by atoms with Gasteiger partial charge in [0.25, 0.3) is 0 Å². The number of carbonyl (C=O) groups is 1. The van der Waals surface area contributed by atoms with Gasteiger partial charge in [-0.05, 0) is 30.7 Å². The average molecular weight is 346 g/mol. The molecule has 0 aliphatic rings. The lowest BCUT2D eigenvalue weighted by Gasteiger charge is -2.06. The number of hydrogen-bond donors (Lipinski definition) is 2. The molecule has 0 saturated carbocycles. The molecule has 6 nitrogen and oxygen atoms in total. The zero-order valence-corrected chi connectivity index (χ0v) is 14.1. The number of rotatable bonds is 4. The van der Waals surface area contributed by atoms with Gasteiger partial charge in [-0.1, -0.05) is 11.8 Å². The van der Waals surface area contributed by atoms with Crippen LogP contribution in [0.3, 0.4) is 0 Å². The number of nitrogen functional groups attached to an aromatic ring is 2. The fourth-order valence-corrected chi connectivity index (χ4v) is 4.62. The van der Waals surface area contributed by atoms with Crippen LogP contribution >= 0.6 is 23.1 Å². The predicted octanol–water partition coefficient (Wildman–Crippen LogP) is 3.14. The first kappa shape index (κ1) is 15.6. The maximum Gasteiger partial charge on any atom is 0.223 e. The van der Waals surface area contributed by atoms with Crippen molar-refractivity contribution in [3.05, 3.63) is 29.3 Å². The van der Waals surface area contributed by atoms with Crippen LogP contribution in [0.1, 0.15) is 15.9 Å². The first-order valence-corrected chi connectivity index (χ1v) is 8.30. The molecule has 0 fully saturated rings. The lowest BCUT2D eigenvalue weighted by molar-refractivity contribution is 0.112. The Labute approximate surface area is 140 Å². The van der Waals surface area contributed by atoms with Crippen molar-refractivity contribution >= 4 is 51.4 Å². The molecule has 0 aliphatic carbocycles. The van der Waals surface area contributed by atoms with E-state index in [-0.39, 0.29) is 5.95 Å². The van der Waals surface area contributed by atoms with Gasteiger partial charge >= 0.3 is 0 Å². The van der Waals surface area contributed by atoms with Crippen LogP contribution in [0.5, 0.6) is 5.75 Å². The second-order valence-corrected chi connectivity index (χ2v) is 7.13. The van der Waals surface area contributed by atoms with Gasteiger partial charge in [0.1, 0.15) is 16.4 Å². The van der Waals surface area contributed by atoms with Crippen molar-refractivity contribution in [1.29, 1.82) is 0 Å². The molecule has 0 amide bonds. The molecule has 4 N–H and O–H groups in total. The standard InChI is InChI=1S/C15H14N4O2S2/c1-7-11-12(16)18-15(17)19-13(11)23-14(7)22-9-4-3-8(6-20)10(5-9)21-2/h3-6H,1-2H3,(H4,16,17,18,19). The summed E-state index contributed by atoms with van der Waals surface area (Å²) < 4.78 is 6.29. The highest BCUT2D eigenvalue weighted by molar-refractivity contribution is 8.01. The SMILES string of the molecule is COc1cc(Sc2sc3nc(N)nc(N)c3c2C)ccc1C=O. The van der Waals surface area contributed by atoms with Crippen LogP contribution in [-0.2, 0) is 0 Å². The highest BCUT2D eigenvalue weighted by Gasteiger charge is 2.15. The highest BCUT2D eigenvalue weighted by atomic mass is 32.2. The number of aldehydes is 1. The Kier molecular flexibility index (Phi) is 4.10. The molecule has 118 valence electrons. The molecule has 0 atom stereocenters. The second kappa shape index (κ2) is 6.05. The maximum absolute atomic E-state index is 11.0. The predicted molar refractivity (Wildman–Crippen MR) is 93.5 cm³/mol. The normalized spacial score (nSPS) is 10.9. The van der Waals surface area contributed by atoms with Crippen molar-refractivity contribution in [3.8, 4) is 5.75 Å². The molecule has 0 spiro atoms. The number of hydrogen-bond acceptors (Lipinski definition) is 8. The van der Waals surface area contributed by atoms with Crippen LogP contribution in [0.25, 0.3) is 10.2 Å². The summed E-state index contributed by atoms with van der Waals surface area (Å²) in [6.45, 7) is 1.98. The molecule has 0 aliphatic heterocycles. The molecule has 2 heterocycles. The Balaban J connectivity index is 2.03. The van der Waals surface area contributed by atoms with Crippen molar-refractivity contribution in [2.24, 2.45) is 0 Å². The number of aromatic nitrogens is 2. The van der Waals surface area contributed by atoms with Gasteiger partial charge < -0.3 is 16.2 Å². The van der Waals surface area contributed by atoms with E-state index in [9.17, 15) is 4.79 Å². The van der Waals surface area contributed by atoms with Gasteiger partial charge in [0.05, 0.1) is 22.3 Å². The van der Waals surface area contributed by atoms with Crippen LogP contribution in [0, 0.1) is 6.92 Å². The second-order valence-electron chi connectivity index (χ2n) is 4.79. The number of benzene rings is 1. The summed E-state index contributed by atoms with van der Waals surface area (Å²) in [6, 6.07) is 5.45. The third kappa shape index (κ3) is 2.82. The molecule has 0 radical (unpaired) electrons. The van der Waals surface area contributed by atoms with Gasteiger partial charge in [-0.3, -0.25) is 4.79 Å². The van der Waals surface area contributed by atoms with Gasteiger partial charge in [0, 0.05) is 4.90 Å². The zero-order valence-electron chi connectivity index (χ0n) is 12.5. The van der Waals surface area contributed by atoms with Crippen molar-refractivity contribution < 1.29 is 9.53 Å². The highest BCUT2D eigenvalue weighted by Crippen LogP contribution is 2.42. The molecule has 8 heteroatoms. The van der Waals surface area contributed by atoms with Crippen molar-refractivity contribution in [2.45, 2.75) is 16.0 Å². The van der Waals surface area contributed by atoms with Gasteiger partial charge in [0.2, 0.25) is 5.95 Å². The van der Waals surface area contributed by atoms with E-state index in [0.29, 0.717) is 17.1 Å². The van der Waals surface area contributed by atoms with Crippen LogP contribution in [0.2, 0.25) is 0 Å². The third-order valence-electron chi connectivity index (χ3n) is 3.33. The van der Waals surface area contributed by atoms with E-state index in [2.05, 4.69) is 9.97 Å². The van der Waals surface area contributed by atoms with Crippen molar-refractivity contribution in [2.75, 3.05) is 18.6 Å². The summed E-state index contributed by atoms with van der Waals surface area (Å²) in [7, 11) is 1.54. The summed E-state index contributed by atoms with van der Waals surface area (Å²) in [6.07, 6.45) is 0.775. The van der Waals surface area contributed by atoms with Crippen LogP contribution in [0.4, 0.5) is 11.8 Å². The fourth-order valence-electron chi connectivity index (χ4n) is 2.22. The third-order valence-corrected chi connectivity index (χ3v) is 5.80. The molecular formula is C15H14N4O2S2. The molecule has 0 bridgehead atoms. The van der Waals surface area contributed by atoms with E-state index in [4.69, 9.17) is 16.2 Å². The first-order valence-electron chi connectivity index (χ1n) is 6.66. The van der Waals surface area contributed by atoms with Crippen molar-refractivity contribution in [1.82, 2.24) is 9.97 Å². The van der Waals surface area contributed by atoms with Crippen LogP contribution in [-0.4, -0.2) is 23.4 Å². The molecule has 2 aromatic heterocycles. The van der Waals surface area contributed by atoms with Gasteiger partial charge in [0.15, 0.2) is 6.29 Å². The van der Waals surface area contributed by atoms with Crippen LogP contribution in [0.15, 0.2) is 27.3 Å². The van der Waals surface area contributed by atoms with E-state index in [1.165, 1.54) is 11.3 Å². The number of thiophene rings is 1. The topological polar surface area (TPSA) is 104 Å². The zero-order chi connectivity index (χ0) is 16.6. The minimum Gasteiger partial charge on any atom is -0.496 e. The number of methoxy groups -OCH3 is 1. The first-order chi connectivity index (χ1) is 11.0. The van der Waals surface area contributed by atoms with Crippen LogP contribution < -0.4 is 16.2 Å². The van der Waals surface area contributed by atoms with E-state index in [1.807, 2.05) is 19.1 Å². The molecule has 23 heavy (non-hydrogen) atoms. The largest absolute Gasteiger partial charge is 0.496 e. The number of anilines is 2. The number of nitrogens with zero attached hydrogens (tertiary/aromatic N) is 2. The Morgan fingerprint density at radius 3 is 2.78 bits per heavy atom. The Morgan fingerprint density at radius 2 is 2.09 bits per heavy atom.